The van der Waals surface area contributed by atoms with Crippen LogP contribution in [0, 0.1) is 0 Å². The Bertz CT molecular complexity index is 337. The smallest absolute Gasteiger partial charge is 0.161 e. The average Bonchev–Trinajstić information content (AvgIpc) is 3.04. The van der Waals surface area contributed by atoms with Gasteiger partial charge in [0.05, 0.1) is 13.2 Å². The molecule has 2 rings (SSSR count). The lowest BCUT2D eigenvalue weighted by atomic mass is 10.2. The molecule has 1 aromatic carbocycles. The van der Waals surface area contributed by atoms with Gasteiger partial charge in [-0.25, -0.2) is 5.48 Å². The van der Waals surface area contributed by atoms with Crippen molar-refractivity contribution in [2.45, 2.75) is 25.5 Å². The first-order chi connectivity index (χ1) is 7.33. The average molecular weight is 209 g/mol. The van der Waals surface area contributed by atoms with Crippen LogP contribution in [0.15, 0.2) is 18.2 Å². The fourth-order valence-electron chi connectivity index (χ4n) is 1.38. The van der Waals surface area contributed by atoms with Crippen LogP contribution in [0.25, 0.3) is 0 Å². The van der Waals surface area contributed by atoms with E-state index >= 15 is 0 Å². The van der Waals surface area contributed by atoms with Crippen LogP contribution in [0.4, 0.5) is 0 Å². The molecule has 0 radical (unpaired) electrons. The van der Waals surface area contributed by atoms with E-state index in [0.29, 0.717) is 12.6 Å². The summed E-state index contributed by atoms with van der Waals surface area (Å²) < 4.78 is 10.9. The molecule has 2 N–H and O–H groups in total. The van der Waals surface area contributed by atoms with Crippen molar-refractivity contribution in [3.8, 4) is 11.5 Å². The molecular formula is C11H15NO3. The van der Waals surface area contributed by atoms with Crippen LogP contribution in [0.2, 0.25) is 0 Å². The molecule has 4 nitrogen and oxygen atoms in total. The molecule has 15 heavy (non-hydrogen) atoms. The van der Waals surface area contributed by atoms with Gasteiger partial charge in [-0.1, -0.05) is 6.07 Å². The molecule has 0 unspecified atom stereocenters. The Morgan fingerprint density at radius 1 is 1.40 bits per heavy atom. The predicted molar refractivity (Wildman–Crippen MR) is 55.3 cm³/mol. The monoisotopic (exact) mass is 209 g/mol. The molecule has 0 heterocycles. The lowest BCUT2D eigenvalue weighted by molar-refractivity contribution is 0.161. The van der Waals surface area contributed by atoms with Gasteiger partial charge in [-0.15, -0.1) is 0 Å². The van der Waals surface area contributed by atoms with E-state index in [1.807, 2.05) is 18.2 Å². The summed E-state index contributed by atoms with van der Waals surface area (Å²) in [4.78, 5) is 0. The largest absolute Gasteiger partial charge is 0.493 e. The van der Waals surface area contributed by atoms with Crippen molar-refractivity contribution in [3.63, 3.8) is 0 Å². The zero-order valence-electron chi connectivity index (χ0n) is 8.69. The molecule has 1 aliphatic carbocycles. The van der Waals surface area contributed by atoms with E-state index in [1.165, 1.54) is 0 Å². The van der Waals surface area contributed by atoms with Gasteiger partial charge in [0.1, 0.15) is 0 Å². The van der Waals surface area contributed by atoms with E-state index in [-0.39, 0.29) is 0 Å². The molecule has 82 valence electrons. The number of rotatable bonds is 5. The van der Waals surface area contributed by atoms with Gasteiger partial charge in [0.25, 0.3) is 0 Å². The normalized spacial score (nSPS) is 15.1. The van der Waals surface area contributed by atoms with E-state index in [1.54, 1.807) is 7.11 Å². The van der Waals surface area contributed by atoms with Crippen LogP contribution in [-0.4, -0.2) is 18.4 Å². The van der Waals surface area contributed by atoms with Crippen LogP contribution in [0.5, 0.6) is 11.5 Å². The molecule has 0 spiro atoms. The molecule has 0 bridgehead atoms. The van der Waals surface area contributed by atoms with Crippen LogP contribution in [-0.2, 0) is 6.54 Å². The maximum atomic E-state index is 8.59. The maximum absolute atomic E-state index is 8.59. The number of ether oxygens (including phenoxy) is 2. The number of hydrogen-bond donors (Lipinski definition) is 2. The van der Waals surface area contributed by atoms with Gasteiger partial charge in [0.2, 0.25) is 0 Å². The highest BCUT2D eigenvalue weighted by Crippen LogP contribution is 2.33. The fraction of sp³-hybridized carbons (Fsp3) is 0.455. The SMILES string of the molecule is COc1cc(CNO)ccc1OC1CC1. The minimum atomic E-state index is 0.362. The summed E-state index contributed by atoms with van der Waals surface area (Å²) in [6.07, 6.45) is 2.62. The van der Waals surface area contributed by atoms with Crippen LogP contribution in [0.3, 0.4) is 0 Å². The predicted octanol–water partition coefficient (Wildman–Crippen LogP) is 1.72. The second-order valence-electron chi connectivity index (χ2n) is 3.64. The summed E-state index contributed by atoms with van der Waals surface area (Å²) in [6.45, 7) is 0.403. The minimum absolute atomic E-state index is 0.362. The van der Waals surface area contributed by atoms with Gasteiger partial charge in [0, 0.05) is 6.54 Å². The van der Waals surface area contributed by atoms with Gasteiger partial charge >= 0.3 is 0 Å². The Hall–Kier alpha value is -1.26. The van der Waals surface area contributed by atoms with Crippen molar-refractivity contribution in [1.82, 2.24) is 5.48 Å². The highest BCUT2D eigenvalue weighted by Gasteiger charge is 2.24. The van der Waals surface area contributed by atoms with Gasteiger partial charge in [0.15, 0.2) is 11.5 Å². The molecule has 0 aromatic heterocycles. The second kappa shape index (κ2) is 4.51. The molecule has 1 aliphatic rings. The topological polar surface area (TPSA) is 50.7 Å². The molecule has 1 fully saturated rings. The summed E-state index contributed by atoms with van der Waals surface area (Å²) in [5, 5.41) is 8.59. The van der Waals surface area contributed by atoms with Crippen molar-refractivity contribution in [1.29, 1.82) is 0 Å². The Morgan fingerprint density at radius 3 is 2.80 bits per heavy atom. The summed E-state index contributed by atoms with van der Waals surface area (Å²) in [5.74, 6) is 1.50. The van der Waals surface area contributed by atoms with Crippen molar-refractivity contribution in [2.75, 3.05) is 7.11 Å². The summed E-state index contributed by atoms with van der Waals surface area (Å²) in [5.41, 5.74) is 3.07. The van der Waals surface area contributed by atoms with Gasteiger partial charge in [-0.3, -0.25) is 0 Å². The standard InChI is InChI=1S/C11H15NO3/c1-14-11-6-8(7-12-13)2-5-10(11)15-9-3-4-9/h2,5-6,9,12-13H,3-4,7H2,1H3. The number of methoxy groups -OCH3 is 1. The van der Waals surface area contributed by atoms with Crippen molar-refractivity contribution in [3.05, 3.63) is 23.8 Å². The third-order valence-corrected chi connectivity index (χ3v) is 2.33. The van der Waals surface area contributed by atoms with E-state index in [2.05, 4.69) is 5.48 Å². The molecule has 1 saturated carbocycles. The van der Waals surface area contributed by atoms with Crippen LogP contribution in [0.1, 0.15) is 18.4 Å². The summed E-state index contributed by atoms with van der Waals surface area (Å²) in [6, 6.07) is 5.65. The summed E-state index contributed by atoms with van der Waals surface area (Å²) in [7, 11) is 1.62. The molecule has 0 saturated heterocycles. The summed E-state index contributed by atoms with van der Waals surface area (Å²) >= 11 is 0. The quantitative estimate of drug-likeness (QED) is 0.725. The number of benzene rings is 1. The second-order valence-corrected chi connectivity index (χ2v) is 3.64. The molecule has 0 atom stereocenters. The first kappa shape index (κ1) is 10.3. The van der Waals surface area contributed by atoms with Crippen LogP contribution >= 0.6 is 0 Å². The number of hydroxylamine groups is 1. The Labute approximate surface area is 88.8 Å². The lowest BCUT2D eigenvalue weighted by Gasteiger charge is -2.11. The molecule has 1 aromatic rings. The molecule has 0 amide bonds. The van der Waals surface area contributed by atoms with E-state index in [9.17, 15) is 0 Å². The first-order valence-corrected chi connectivity index (χ1v) is 5.04. The van der Waals surface area contributed by atoms with Crippen LogP contribution < -0.4 is 15.0 Å². The molecular weight excluding hydrogens is 194 g/mol. The van der Waals surface area contributed by atoms with Gasteiger partial charge in [-0.05, 0) is 30.5 Å². The molecule has 0 aliphatic heterocycles. The lowest BCUT2D eigenvalue weighted by Crippen LogP contribution is -2.06. The molecule has 4 heteroatoms. The Kier molecular flexibility index (Phi) is 3.08. The minimum Gasteiger partial charge on any atom is -0.493 e. The van der Waals surface area contributed by atoms with Crippen molar-refractivity contribution in [2.24, 2.45) is 0 Å². The van der Waals surface area contributed by atoms with E-state index in [4.69, 9.17) is 14.7 Å². The number of nitrogens with one attached hydrogen (secondary N) is 1. The third-order valence-electron chi connectivity index (χ3n) is 2.33. The third kappa shape index (κ3) is 2.61. The van der Waals surface area contributed by atoms with Gasteiger partial charge in [-0.2, -0.15) is 0 Å². The highest BCUT2D eigenvalue weighted by molar-refractivity contribution is 5.43. The zero-order chi connectivity index (χ0) is 10.7. The van der Waals surface area contributed by atoms with E-state index in [0.717, 1.165) is 29.9 Å². The van der Waals surface area contributed by atoms with Crippen molar-refractivity contribution >= 4 is 0 Å². The first-order valence-electron chi connectivity index (χ1n) is 5.04. The maximum Gasteiger partial charge on any atom is 0.161 e. The zero-order valence-corrected chi connectivity index (χ0v) is 8.69. The van der Waals surface area contributed by atoms with E-state index < -0.39 is 0 Å². The number of hydrogen-bond acceptors (Lipinski definition) is 4. The Balaban J connectivity index is 2.14. The van der Waals surface area contributed by atoms with Crippen molar-refractivity contribution < 1.29 is 14.7 Å². The van der Waals surface area contributed by atoms with Gasteiger partial charge < -0.3 is 14.7 Å². The fourth-order valence-corrected chi connectivity index (χ4v) is 1.38. The Morgan fingerprint density at radius 2 is 2.20 bits per heavy atom. The highest BCUT2D eigenvalue weighted by atomic mass is 16.5.